The van der Waals surface area contributed by atoms with Gasteiger partial charge in [0.15, 0.2) is 0 Å². The Labute approximate surface area is 114 Å². The second kappa shape index (κ2) is 7.04. The molecular formula is C12H22N2O4S. The van der Waals surface area contributed by atoms with Gasteiger partial charge in [0.2, 0.25) is 5.09 Å². The van der Waals surface area contributed by atoms with Gasteiger partial charge < -0.3 is 14.4 Å². The van der Waals surface area contributed by atoms with Crippen molar-refractivity contribution in [2.24, 2.45) is 0 Å². The van der Waals surface area contributed by atoms with Crippen LogP contribution in [0.25, 0.3) is 0 Å². The molecule has 0 aliphatic rings. The molecule has 0 amide bonds. The van der Waals surface area contributed by atoms with Gasteiger partial charge in [-0.05, 0) is 32.1 Å². The van der Waals surface area contributed by atoms with E-state index in [1.807, 2.05) is 20.8 Å². The van der Waals surface area contributed by atoms with Gasteiger partial charge in [-0.2, -0.15) is 0 Å². The van der Waals surface area contributed by atoms with Crippen LogP contribution in [0.5, 0.6) is 0 Å². The molecule has 0 aromatic carbocycles. The van der Waals surface area contributed by atoms with Crippen molar-refractivity contribution < 1.29 is 17.9 Å². The predicted molar refractivity (Wildman–Crippen MR) is 72.2 cm³/mol. The van der Waals surface area contributed by atoms with E-state index < -0.39 is 10.0 Å². The standard InChI is InChI=1S/C12H22N2O4S/c1-4-14(5-2)8-10(3)13-19(16,17)12-7-6-11(9-15)18-12/h6-7,10,13,15H,4-5,8-9H2,1-3H3. The van der Waals surface area contributed by atoms with E-state index in [2.05, 4.69) is 9.62 Å². The number of hydrogen-bond acceptors (Lipinski definition) is 5. The normalized spacial score (nSPS) is 13.9. The molecule has 0 radical (unpaired) electrons. The number of aliphatic hydroxyl groups is 1. The maximum atomic E-state index is 12.0. The summed E-state index contributed by atoms with van der Waals surface area (Å²) in [6, 6.07) is 2.58. The molecule has 7 heteroatoms. The van der Waals surface area contributed by atoms with Crippen molar-refractivity contribution in [3.8, 4) is 0 Å². The molecule has 0 fully saturated rings. The van der Waals surface area contributed by atoms with Gasteiger partial charge in [0.1, 0.15) is 12.4 Å². The van der Waals surface area contributed by atoms with Crippen LogP contribution in [0.4, 0.5) is 0 Å². The lowest BCUT2D eigenvalue weighted by Crippen LogP contribution is -2.41. The van der Waals surface area contributed by atoms with Crippen molar-refractivity contribution >= 4 is 10.0 Å². The SMILES string of the molecule is CCN(CC)CC(C)NS(=O)(=O)c1ccc(CO)o1. The van der Waals surface area contributed by atoms with Crippen molar-refractivity contribution in [1.82, 2.24) is 9.62 Å². The van der Waals surface area contributed by atoms with E-state index in [0.29, 0.717) is 6.54 Å². The van der Waals surface area contributed by atoms with Crippen LogP contribution in [0.1, 0.15) is 26.5 Å². The van der Waals surface area contributed by atoms with E-state index in [0.717, 1.165) is 13.1 Å². The Morgan fingerprint density at radius 3 is 2.47 bits per heavy atom. The predicted octanol–water partition coefficient (Wildman–Crippen LogP) is 0.780. The van der Waals surface area contributed by atoms with Crippen molar-refractivity contribution in [2.45, 2.75) is 38.5 Å². The summed E-state index contributed by atoms with van der Waals surface area (Å²) in [5.74, 6) is 0.233. The summed E-state index contributed by atoms with van der Waals surface area (Å²) in [5.41, 5.74) is 0. The first-order valence-electron chi connectivity index (χ1n) is 6.37. The van der Waals surface area contributed by atoms with Gasteiger partial charge >= 0.3 is 0 Å². The van der Waals surface area contributed by atoms with Gasteiger partial charge in [-0.15, -0.1) is 0 Å². The minimum atomic E-state index is -3.67. The summed E-state index contributed by atoms with van der Waals surface area (Å²) in [5, 5.41) is 8.70. The molecule has 0 aliphatic carbocycles. The zero-order valence-corrected chi connectivity index (χ0v) is 12.4. The molecule has 1 aromatic rings. The first kappa shape index (κ1) is 16.2. The summed E-state index contributed by atoms with van der Waals surface area (Å²) in [6.45, 7) is 7.95. The largest absolute Gasteiger partial charge is 0.446 e. The van der Waals surface area contributed by atoms with Gasteiger partial charge in [0.05, 0.1) is 0 Å². The molecule has 1 unspecified atom stereocenters. The molecular weight excluding hydrogens is 268 g/mol. The lowest BCUT2D eigenvalue weighted by atomic mass is 10.3. The lowest BCUT2D eigenvalue weighted by Gasteiger charge is -2.22. The number of nitrogens with zero attached hydrogens (tertiary/aromatic N) is 1. The zero-order valence-electron chi connectivity index (χ0n) is 11.6. The Hall–Kier alpha value is -0.890. The van der Waals surface area contributed by atoms with Gasteiger partial charge in [-0.1, -0.05) is 13.8 Å². The van der Waals surface area contributed by atoms with E-state index in [9.17, 15) is 8.42 Å². The maximum Gasteiger partial charge on any atom is 0.274 e. The van der Waals surface area contributed by atoms with Gasteiger partial charge in [-0.3, -0.25) is 0 Å². The first-order valence-corrected chi connectivity index (χ1v) is 7.85. The number of furan rings is 1. The van der Waals surface area contributed by atoms with Crippen molar-refractivity contribution in [1.29, 1.82) is 0 Å². The molecule has 0 saturated carbocycles. The van der Waals surface area contributed by atoms with E-state index in [1.54, 1.807) is 0 Å². The molecule has 6 nitrogen and oxygen atoms in total. The molecule has 1 heterocycles. The molecule has 0 spiro atoms. The highest BCUT2D eigenvalue weighted by Crippen LogP contribution is 2.14. The number of hydrogen-bond donors (Lipinski definition) is 2. The summed E-state index contributed by atoms with van der Waals surface area (Å²) in [6.07, 6.45) is 0. The highest BCUT2D eigenvalue weighted by Gasteiger charge is 2.21. The molecule has 0 saturated heterocycles. The minimum Gasteiger partial charge on any atom is -0.446 e. The third-order valence-electron chi connectivity index (χ3n) is 2.84. The smallest absolute Gasteiger partial charge is 0.274 e. The molecule has 1 atom stereocenters. The van der Waals surface area contributed by atoms with Gasteiger partial charge in [0.25, 0.3) is 10.0 Å². The number of sulfonamides is 1. The topological polar surface area (TPSA) is 82.8 Å². The van der Waals surface area contributed by atoms with E-state index in [1.165, 1.54) is 12.1 Å². The third-order valence-corrected chi connectivity index (χ3v) is 4.30. The van der Waals surface area contributed by atoms with Crippen LogP contribution in [0.3, 0.4) is 0 Å². The van der Waals surface area contributed by atoms with Crippen LogP contribution in [-0.4, -0.2) is 44.1 Å². The number of aliphatic hydroxyl groups excluding tert-OH is 1. The third kappa shape index (κ3) is 4.61. The summed E-state index contributed by atoms with van der Waals surface area (Å²) in [7, 11) is -3.67. The van der Waals surface area contributed by atoms with E-state index in [4.69, 9.17) is 9.52 Å². The molecule has 0 bridgehead atoms. The van der Waals surface area contributed by atoms with Crippen LogP contribution in [0.2, 0.25) is 0 Å². The summed E-state index contributed by atoms with van der Waals surface area (Å²) in [4.78, 5) is 2.13. The van der Waals surface area contributed by atoms with Crippen LogP contribution in [0, 0.1) is 0 Å². The molecule has 0 aliphatic heterocycles. The average molecular weight is 290 g/mol. The highest BCUT2D eigenvalue weighted by atomic mass is 32.2. The second-order valence-corrected chi connectivity index (χ2v) is 6.03. The van der Waals surface area contributed by atoms with Crippen LogP contribution in [-0.2, 0) is 16.6 Å². The van der Waals surface area contributed by atoms with Crippen LogP contribution < -0.4 is 4.72 Å². The Balaban J connectivity index is 2.68. The van der Waals surface area contributed by atoms with Gasteiger partial charge in [-0.25, -0.2) is 13.1 Å². The fourth-order valence-electron chi connectivity index (χ4n) is 1.82. The Morgan fingerprint density at radius 1 is 1.37 bits per heavy atom. The zero-order chi connectivity index (χ0) is 14.5. The van der Waals surface area contributed by atoms with Crippen molar-refractivity contribution in [3.05, 3.63) is 17.9 Å². The lowest BCUT2D eigenvalue weighted by molar-refractivity contribution is 0.236. The maximum absolute atomic E-state index is 12.0. The molecule has 2 N–H and O–H groups in total. The summed E-state index contributed by atoms with van der Waals surface area (Å²) >= 11 is 0. The number of likely N-dealkylation sites (N-methyl/N-ethyl adjacent to an activating group) is 1. The monoisotopic (exact) mass is 290 g/mol. The molecule has 1 aromatic heterocycles. The first-order chi connectivity index (χ1) is 8.92. The number of nitrogens with one attached hydrogen (secondary N) is 1. The minimum absolute atomic E-state index is 0.164. The quantitative estimate of drug-likeness (QED) is 0.739. The Kier molecular flexibility index (Phi) is 5.99. The highest BCUT2D eigenvalue weighted by molar-refractivity contribution is 7.89. The Bertz CT molecular complexity index is 480. The number of rotatable bonds is 8. The summed E-state index contributed by atoms with van der Waals surface area (Å²) < 4.78 is 31.7. The molecule has 1 rings (SSSR count). The average Bonchev–Trinajstić information content (AvgIpc) is 2.84. The Morgan fingerprint density at radius 2 is 2.00 bits per heavy atom. The van der Waals surface area contributed by atoms with Crippen LogP contribution in [0.15, 0.2) is 21.6 Å². The van der Waals surface area contributed by atoms with Crippen molar-refractivity contribution in [2.75, 3.05) is 19.6 Å². The fourth-order valence-corrected chi connectivity index (χ4v) is 3.00. The van der Waals surface area contributed by atoms with Crippen LogP contribution >= 0.6 is 0 Å². The second-order valence-electron chi connectivity index (χ2n) is 4.39. The molecule has 110 valence electrons. The van der Waals surface area contributed by atoms with E-state index in [-0.39, 0.29) is 23.5 Å². The fraction of sp³-hybridized carbons (Fsp3) is 0.667. The van der Waals surface area contributed by atoms with Gasteiger partial charge in [0, 0.05) is 12.6 Å². The molecule has 19 heavy (non-hydrogen) atoms. The van der Waals surface area contributed by atoms with E-state index >= 15 is 0 Å². The van der Waals surface area contributed by atoms with Crippen molar-refractivity contribution in [3.63, 3.8) is 0 Å².